The topological polar surface area (TPSA) is 58.3 Å². The smallest absolute Gasteiger partial charge is 0.122 e. The van der Waals surface area contributed by atoms with E-state index in [-0.39, 0.29) is 17.6 Å². The Morgan fingerprint density at radius 3 is 1.92 bits per heavy atom. The van der Waals surface area contributed by atoms with Gasteiger partial charge in [0, 0.05) is 11.8 Å². The Hall–Kier alpha value is -2.75. The second-order valence-corrected chi connectivity index (χ2v) is 6.97. The highest BCUT2D eigenvalue weighted by atomic mass is 16.3. The van der Waals surface area contributed by atoms with Crippen LogP contribution in [0.3, 0.4) is 0 Å². The number of aromatic hydroxyl groups is 2. The minimum atomic E-state index is 0.233. The van der Waals surface area contributed by atoms with E-state index in [0.717, 1.165) is 28.1 Å². The number of phenols is 2. The zero-order valence-corrected chi connectivity index (χ0v) is 15.1. The van der Waals surface area contributed by atoms with Crippen LogP contribution in [0.5, 0.6) is 11.5 Å². The van der Waals surface area contributed by atoms with Crippen LogP contribution >= 0.6 is 0 Å². The summed E-state index contributed by atoms with van der Waals surface area (Å²) in [7, 11) is 0. The SMILES string of the molecule is CC(C)c1cc(-c2ccn(-c3ccc(O)cc3)n2)cc(C(C)C)c1O. The zero-order valence-electron chi connectivity index (χ0n) is 15.1. The molecule has 0 aliphatic carbocycles. The minimum absolute atomic E-state index is 0.233. The Kier molecular flexibility index (Phi) is 4.53. The van der Waals surface area contributed by atoms with Crippen molar-refractivity contribution >= 4 is 0 Å². The number of rotatable bonds is 4. The minimum Gasteiger partial charge on any atom is -0.508 e. The molecule has 0 atom stereocenters. The summed E-state index contributed by atoms with van der Waals surface area (Å²) in [5.74, 6) is 1.10. The second kappa shape index (κ2) is 6.63. The summed E-state index contributed by atoms with van der Waals surface area (Å²) in [6, 6.07) is 12.9. The number of phenolic OH excluding ortho intramolecular Hbond substituents is 2. The first-order valence-corrected chi connectivity index (χ1v) is 8.59. The summed E-state index contributed by atoms with van der Waals surface area (Å²) in [4.78, 5) is 0. The van der Waals surface area contributed by atoms with E-state index >= 15 is 0 Å². The van der Waals surface area contributed by atoms with Crippen LogP contribution in [0, 0.1) is 0 Å². The van der Waals surface area contributed by atoms with Gasteiger partial charge < -0.3 is 10.2 Å². The summed E-state index contributed by atoms with van der Waals surface area (Å²) in [5, 5.41) is 24.6. The maximum absolute atomic E-state index is 10.6. The first-order chi connectivity index (χ1) is 11.9. The van der Waals surface area contributed by atoms with Crippen molar-refractivity contribution in [1.29, 1.82) is 0 Å². The van der Waals surface area contributed by atoms with Crippen LogP contribution in [-0.2, 0) is 0 Å². The third kappa shape index (κ3) is 3.38. The van der Waals surface area contributed by atoms with E-state index in [4.69, 9.17) is 0 Å². The molecule has 0 aliphatic rings. The van der Waals surface area contributed by atoms with Crippen molar-refractivity contribution in [3.8, 4) is 28.4 Å². The van der Waals surface area contributed by atoms with E-state index in [1.165, 1.54) is 0 Å². The van der Waals surface area contributed by atoms with E-state index in [1.807, 2.05) is 36.5 Å². The quantitative estimate of drug-likeness (QED) is 0.688. The lowest BCUT2D eigenvalue weighted by Gasteiger charge is -2.17. The molecule has 4 nitrogen and oxygen atoms in total. The van der Waals surface area contributed by atoms with Gasteiger partial charge in [0.25, 0.3) is 0 Å². The molecule has 2 N–H and O–H groups in total. The molecular formula is C21H24N2O2. The van der Waals surface area contributed by atoms with E-state index in [0.29, 0.717) is 5.75 Å². The lowest BCUT2D eigenvalue weighted by atomic mass is 9.91. The van der Waals surface area contributed by atoms with Crippen molar-refractivity contribution in [3.63, 3.8) is 0 Å². The molecule has 0 fully saturated rings. The highest BCUT2D eigenvalue weighted by Gasteiger charge is 2.17. The molecule has 0 aliphatic heterocycles. The van der Waals surface area contributed by atoms with Gasteiger partial charge in [-0.25, -0.2) is 4.68 Å². The lowest BCUT2D eigenvalue weighted by molar-refractivity contribution is 0.454. The average Bonchev–Trinajstić information content (AvgIpc) is 3.05. The van der Waals surface area contributed by atoms with Gasteiger partial charge in [-0.3, -0.25) is 0 Å². The highest BCUT2D eigenvalue weighted by molar-refractivity contribution is 5.65. The first kappa shape index (κ1) is 17.1. The van der Waals surface area contributed by atoms with Crippen molar-refractivity contribution < 1.29 is 10.2 Å². The summed E-state index contributed by atoms with van der Waals surface area (Å²) in [6.45, 7) is 8.33. The zero-order chi connectivity index (χ0) is 18.1. The third-order valence-corrected chi connectivity index (χ3v) is 4.41. The molecule has 1 heterocycles. The predicted molar refractivity (Wildman–Crippen MR) is 101 cm³/mol. The molecule has 0 unspecified atom stereocenters. The van der Waals surface area contributed by atoms with Gasteiger partial charge in [-0.2, -0.15) is 5.10 Å². The monoisotopic (exact) mass is 336 g/mol. The molecule has 2 aromatic carbocycles. The van der Waals surface area contributed by atoms with Crippen LogP contribution in [0.2, 0.25) is 0 Å². The molecule has 0 amide bonds. The standard InChI is InChI=1S/C21H24N2O2/c1-13(2)18-11-15(12-19(14(3)4)21(18)25)20-9-10-23(22-20)16-5-7-17(24)8-6-16/h5-14,24-25H,1-4H3. The Balaban J connectivity index is 2.06. The Labute approximate surface area is 148 Å². The maximum Gasteiger partial charge on any atom is 0.122 e. The van der Waals surface area contributed by atoms with Gasteiger partial charge in [0.15, 0.2) is 0 Å². The van der Waals surface area contributed by atoms with Crippen molar-refractivity contribution in [2.24, 2.45) is 0 Å². The van der Waals surface area contributed by atoms with E-state index in [2.05, 4.69) is 32.8 Å². The number of hydrogen-bond acceptors (Lipinski definition) is 3. The maximum atomic E-state index is 10.6. The van der Waals surface area contributed by atoms with Gasteiger partial charge in [0.05, 0.1) is 11.4 Å². The Bertz CT molecular complexity index is 848. The molecular weight excluding hydrogens is 312 g/mol. The van der Waals surface area contributed by atoms with E-state index < -0.39 is 0 Å². The summed E-state index contributed by atoms with van der Waals surface area (Å²) in [6.07, 6.45) is 1.90. The van der Waals surface area contributed by atoms with Gasteiger partial charge >= 0.3 is 0 Å². The Morgan fingerprint density at radius 1 is 0.840 bits per heavy atom. The summed E-state index contributed by atoms with van der Waals surface area (Å²) in [5.41, 5.74) is 4.64. The number of nitrogens with zero attached hydrogens (tertiary/aromatic N) is 2. The lowest BCUT2D eigenvalue weighted by Crippen LogP contribution is -1.98. The van der Waals surface area contributed by atoms with Gasteiger partial charge in [-0.1, -0.05) is 27.7 Å². The van der Waals surface area contributed by atoms with Crippen molar-refractivity contribution in [2.45, 2.75) is 39.5 Å². The fourth-order valence-electron chi connectivity index (χ4n) is 2.94. The summed E-state index contributed by atoms with van der Waals surface area (Å²) >= 11 is 0. The molecule has 130 valence electrons. The van der Waals surface area contributed by atoms with Crippen molar-refractivity contribution in [3.05, 3.63) is 59.8 Å². The van der Waals surface area contributed by atoms with Crippen LogP contribution in [0.25, 0.3) is 16.9 Å². The van der Waals surface area contributed by atoms with Crippen LogP contribution in [0.15, 0.2) is 48.7 Å². The van der Waals surface area contributed by atoms with Gasteiger partial charge in [0.1, 0.15) is 11.5 Å². The first-order valence-electron chi connectivity index (χ1n) is 8.59. The molecule has 0 bridgehead atoms. The normalized spacial score (nSPS) is 11.4. The number of hydrogen-bond donors (Lipinski definition) is 2. The number of benzene rings is 2. The fraction of sp³-hybridized carbons (Fsp3) is 0.286. The molecule has 0 saturated heterocycles. The van der Waals surface area contributed by atoms with Crippen LogP contribution < -0.4 is 0 Å². The molecule has 1 aromatic heterocycles. The molecule has 3 aromatic rings. The largest absolute Gasteiger partial charge is 0.508 e. The van der Waals surface area contributed by atoms with Crippen LogP contribution in [0.4, 0.5) is 0 Å². The van der Waals surface area contributed by atoms with Gasteiger partial charge in [-0.05, 0) is 65.4 Å². The Morgan fingerprint density at radius 2 is 1.40 bits per heavy atom. The highest BCUT2D eigenvalue weighted by Crippen LogP contribution is 2.37. The van der Waals surface area contributed by atoms with Crippen LogP contribution in [0.1, 0.15) is 50.7 Å². The molecule has 4 heteroatoms. The van der Waals surface area contributed by atoms with Crippen molar-refractivity contribution in [2.75, 3.05) is 0 Å². The fourth-order valence-corrected chi connectivity index (χ4v) is 2.94. The van der Waals surface area contributed by atoms with E-state index in [1.54, 1.807) is 16.8 Å². The van der Waals surface area contributed by atoms with Crippen LogP contribution in [-0.4, -0.2) is 20.0 Å². The predicted octanol–water partition coefficient (Wildman–Crippen LogP) is 5.20. The number of aromatic nitrogens is 2. The average molecular weight is 336 g/mol. The van der Waals surface area contributed by atoms with E-state index in [9.17, 15) is 10.2 Å². The molecule has 0 radical (unpaired) electrons. The van der Waals surface area contributed by atoms with Gasteiger partial charge in [-0.15, -0.1) is 0 Å². The second-order valence-electron chi connectivity index (χ2n) is 6.97. The molecule has 0 spiro atoms. The molecule has 0 saturated carbocycles. The molecule has 3 rings (SSSR count). The van der Waals surface area contributed by atoms with Crippen molar-refractivity contribution in [1.82, 2.24) is 9.78 Å². The molecule has 25 heavy (non-hydrogen) atoms. The third-order valence-electron chi connectivity index (χ3n) is 4.41. The van der Waals surface area contributed by atoms with Gasteiger partial charge in [0.2, 0.25) is 0 Å². The summed E-state index contributed by atoms with van der Waals surface area (Å²) < 4.78 is 1.78.